The molecule has 1 fully saturated rings. The molecule has 0 bridgehead atoms. The zero-order valence-electron chi connectivity index (χ0n) is 18.6. The summed E-state index contributed by atoms with van der Waals surface area (Å²) in [5.74, 6) is 0.560. The van der Waals surface area contributed by atoms with E-state index in [4.69, 9.17) is 5.73 Å². The van der Waals surface area contributed by atoms with Crippen LogP contribution in [-0.2, 0) is 21.7 Å². The number of aryl methyl sites for hydroxylation is 1. The van der Waals surface area contributed by atoms with Crippen LogP contribution in [0.3, 0.4) is 0 Å². The van der Waals surface area contributed by atoms with Gasteiger partial charge in [0.1, 0.15) is 0 Å². The molecule has 1 atom stereocenters. The van der Waals surface area contributed by atoms with Crippen molar-refractivity contribution in [1.82, 2.24) is 0 Å². The summed E-state index contributed by atoms with van der Waals surface area (Å²) >= 11 is 0. The Morgan fingerprint density at radius 2 is 1.39 bits per heavy atom. The average molecular weight is 429 g/mol. The molecule has 0 spiro atoms. The molecule has 1 N–H and O–H groups in total. The van der Waals surface area contributed by atoms with Crippen molar-refractivity contribution < 1.29 is 21.7 Å². The van der Waals surface area contributed by atoms with E-state index in [1.54, 1.807) is 0 Å². The van der Waals surface area contributed by atoms with Gasteiger partial charge in [0, 0.05) is 0 Å². The molecule has 0 saturated heterocycles. The van der Waals surface area contributed by atoms with Gasteiger partial charge >= 0.3 is 21.7 Å². The van der Waals surface area contributed by atoms with E-state index in [1.165, 1.54) is 66.0 Å². The van der Waals surface area contributed by atoms with E-state index in [-0.39, 0.29) is 27.8 Å². The Bertz CT molecular complexity index is 590. The Hall–Kier alpha value is -0.409. The number of rotatable bonds is 0. The van der Waals surface area contributed by atoms with Crippen molar-refractivity contribution in [3.8, 4) is 0 Å². The second-order valence-electron chi connectivity index (χ2n) is 8.01. The van der Waals surface area contributed by atoms with E-state index >= 15 is 0 Å². The fourth-order valence-electron chi connectivity index (χ4n) is 3.37. The van der Waals surface area contributed by atoms with E-state index in [0.29, 0.717) is 5.92 Å². The van der Waals surface area contributed by atoms with Crippen LogP contribution in [0, 0.1) is 18.9 Å². The van der Waals surface area contributed by atoms with Gasteiger partial charge in [0.2, 0.25) is 0 Å². The van der Waals surface area contributed by atoms with Crippen molar-refractivity contribution in [2.45, 2.75) is 92.0 Å². The summed E-state index contributed by atoms with van der Waals surface area (Å²) in [6, 6.07) is 8.40. The van der Waals surface area contributed by atoms with Gasteiger partial charge in [-0.25, -0.2) is 5.57 Å². The fraction of sp³-hybridized carbons (Fsp3) is 0.600. The Morgan fingerprint density at radius 3 is 1.71 bits per heavy atom. The topological polar surface area (TPSA) is 23.8 Å². The quantitative estimate of drug-likeness (QED) is 0.312. The monoisotopic (exact) mass is 428 g/mol. The standard InChI is InChI=1S/C9H18N.C9H13.C7H7Si.Ti/c10-9-7-5-3-1-2-4-6-8-9;1-6-5-7(2)9(4)8(6)3;1-6-4-2-3-5-7(6)8;/h9-10H,1-8H2;6H,1-4H3;2-5H,1H3;/q2*-1;;+2. The van der Waals surface area contributed by atoms with E-state index in [2.05, 4.69) is 57.0 Å². The summed E-state index contributed by atoms with van der Waals surface area (Å²) in [7, 11) is 3.44. The zero-order chi connectivity index (χ0) is 20.2. The van der Waals surface area contributed by atoms with Gasteiger partial charge < -0.3 is 5.73 Å². The van der Waals surface area contributed by atoms with Crippen LogP contribution in [0.4, 0.5) is 0 Å². The normalized spacial score (nSPS) is 20.2. The molecule has 0 aromatic heterocycles. The van der Waals surface area contributed by atoms with Gasteiger partial charge in [0.25, 0.3) is 0 Å². The Kier molecular flexibility index (Phi) is 15.2. The molecule has 2 aliphatic carbocycles. The number of allylic oxidation sites excluding steroid dienone is 4. The molecule has 1 saturated carbocycles. The van der Waals surface area contributed by atoms with Gasteiger partial charge in [-0.1, -0.05) is 113 Å². The molecule has 3 radical (unpaired) electrons. The summed E-state index contributed by atoms with van der Waals surface area (Å²) in [6.07, 6.45) is 13.8. The SMILES string of the molecule is CC1=[C-]C(C)C(C)=C1C.Cc1ccccc1[Si].[NH-]C1CCCCCCCC1.[Ti+2]. The van der Waals surface area contributed by atoms with Crippen LogP contribution in [0.15, 0.2) is 41.0 Å². The van der Waals surface area contributed by atoms with Crippen LogP contribution in [0.2, 0.25) is 0 Å². The van der Waals surface area contributed by atoms with Gasteiger partial charge in [-0.15, -0.1) is 13.0 Å². The van der Waals surface area contributed by atoms with Gasteiger partial charge in [-0.2, -0.15) is 11.1 Å². The van der Waals surface area contributed by atoms with Crippen LogP contribution < -0.4 is 5.19 Å². The van der Waals surface area contributed by atoms with E-state index in [9.17, 15) is 0 Å². The summed E-state index contributed by atoms with van der Waals surface area (Å²) in [6.45, 7) is 10.7. The summed E-state index contributed by atoms with van der Waals surface area (Å²) in [5.41, 5.74) is 13.1. The van der Waals surface area contributed by atoms with Crippen molar-refractivity contribution in [2.75, 3.05) is 0 Å². The first kappa shape index (κ1) is 27.6. The van der Waals surface area contributed by atoms with Crippen molar-refractivity contribution in [1.29, 1.82) is 0 Å². The Labute approximate surface area is 193 Å². The first-order chi connectivity index (χ1) is 12.8. The van der Waals surface area contributed by atoms with Crippen LogP contribution >= 0.6 is 0 Å². The average Bonchev–Trinajstić information content (AvgIpc) is 2.94. The van der Waals surface area contributed by atoms with Gasteiger partial charge in [-0.3, -0.25) is 6.08 Å². The van der Waals surface area contributed by atoms with Crippen molar-refractivity contribution in [2.24, 2.45) is 5.92 Å². The number of hydrogen-bond acceptors (Lipinski definition) is 0. The second kappa shape index (κ2) is 15.4. The molecule has 1 aromatic carbocycles. The third kappa shape index (κ3) is 11.0. The largest absolute Gasteiger partial charge is 2.00 e. The van der Waals surface area contributed by atoms with Gasteiger partial charge in [0.05, 0.1) is 10.2 Å². The van der Waals surface area contributed by atoms with Crippen LogP contribution in [0.1, 0.15) is 84.6 Å². The number of hydrogen-bond donors (Lipinski definition) is 0. The maximum Gasteiger partial charge on any atom is 2.00 e. The zero-order valence-corrected chi connectivity index (χ0v) is 21.2. The van der Waals surface area contributed by atoms with E-state index < -0.39 is 0 Å². The maximum absolute atomic E-state index is 7.61. The molecule has 1 aromatic rings. The molecule has 0 aliphatic heterocycles. The van der Waals surface area contributed by atoms with Crippen molar-refractivity contribution in [3.05, 3.63) is 58.4 Å². The molecule has 3 rings (SSSR count). The van der Waals surface area contributed by atoms with Crippen LogP contribution in [0.5, 0.6) is 0 Å². The predicted molar refractivity (Wildman–Crippen MR) is 122 cm³/mol. The molecule has 1 nitrogen and oxygen atoms in total. The minimum Gasteiger partial charge on any atom is -0.675 e. The van der Waals surface area contributed by atoms with E-state index in [0.717, 1.165) is 12.8 Å². The first-order valence-electron chi connectivity index (χ1n) is 10.6. The molecular formula is C25H38NSiTi. The smallest absolute Gasteiger partial charge is 0.675 e. The molecule has 0 heterocycles. The number of nitrogens with one attached hydrogen (secondary N) is 1. The molecule has 1 unspecified atom stereocenters. The van der Waals surface area contributed by atoms with Crippen molar-refractivity contribution >= 4 is 15.4 Å². The van der Waals surface area contributed by atoms with Gasteiger partial charge in [0.15, 0.2) is 0 Å². The van der Waals surface area contributed by atoms with Crippen LogP contribution in [0.25, 0.3) is 5.73 Å². The molecular weight excluding hydrogens is 390 g/mol. The molecule has 28 heavy (non-hydrogen) atoms. The predicted octanol–water partition coefficient (Wildman–Crippen LogP) is 7.05. The fourth-order valence-corrected chi connectivity index (χ4v) is 3.55. The minimum atomic E-state index is 0. The van der Waals surface area contributed by atoms with Gasteiger partial charge in [-0.05, 0) is 6.92 Å². The Morgan fingerprint density at radius 1 is 0.893 bits per heavy atom. The molecule has 2 aliphatic rings. The van der Waals surface area contributed by atoms with E-state index in [1.807, 2.05) is 18.2 Å². The summed E-state index contributed by atoms with van der Waals surface area (Å²) in [5, 5.41) is 1.17. The first-order valence-corrected chi connectivity index (χ1v) is 11.1. The van der Waals surface area contributed by atoms with Crippen molar-refractivity contribution in [3.63, 3.8) is 0 Å². The molecule has 0 amide bonds. The molecule has 3 heteroatoms. The summed E-state index contributed by atoms with van der Waals surface area (Å²) in [4.78, 5) is 0. The summed E-state index contributed by atoms with van der Waals surface area (Å²) < 4.78 is 0. The van der Waals surface area contributed by atoms with Crippen LogP contribution in [-0.4, -0.2) is 16.3 Å². The third-order valence-electron chi connectivity index (χ3n) is 5.74. The maximum atomic E-state index is 7.61. The third-order valence-corrected chi connectivity index (χ3v) is 6.30. The Balaban J connectivity index is 0.000000386. The second-order valence-corrected chi connectivity index (χ2v) is 8.55. The number of benzene rings is 1. The minimum absolute atomic E-state index is 0. The molecule has 151 valence electrons.